The van der Waals surface area contributed by atoms with E-state index in [2.05, 4.69) is 4.74 Å². The molecule has 86 valence electrons. The molecule has 1 aromatic carbocycles. The molecule has 0 aromatic heterocycles. The summed E-state index contributed by atoms with van der Waals surface area (Å²) in [5, 5.41) is 0. The fraction of sp³-hybridized carbons (Fsp3) is 0.273. The molecular weight excluding hydrogens is 210 g/mol. The predicted molar refractivity (Wildman–Crippen MR) is 57.1 cm³/mol. The maximum Gasteiger partial charge on any atom is 0.337 e. The van der Waals surface area contributed by atoms with Gasteiger partial charge in [-0.2, -0.15) is 0 Å². The first-order valence-corrected chi connectivity index (χ1v) is 4.73. The van der Waals surface area contributed by atoms with E-state index in [0.29, 0.717) is 11.3 Å². The zero-order valence-corrected chi connectivity index (χ0v) is 8.93. The van der Waals surface area contributed by atoms with Crippen molar-refractivity contribution in [1.82, 2.24) is 0 Å². The quantitative estimate of drug-likeness (QED) is 0.746. The van der Waals surface area contributed by atoms with Gasteiger partial charge in [-0.05, 0) is 24.3 Å². The van der Waals surface area contributed by atoms with E-state index in [9.17, 15) is 9.59 Å². The Labute approximate surface area is 93.1 Å². The molecule has 0 aliphatic heterocycles. The Morgan fingerprint density at radius 1 is 1.25 bits per heavy atom. The van der Waals surface area contributed by atoms with Gasteiger partial charge >= 0.3 is 5.97 Å². The number of carbonyl (C=O) groups excluding carboxylic acids is 2. The van der Waals surface area contributed by atoms with Gasteiger partial charge in [0.05, 0.1) is 25.7 Å². The lowest BCUT2D eigenvalue weighted by Crippen LogP contribution is -2.14. The van der Waals surface area contributed by atoms with Crippen LogP contribution in [0.1, 0.15) is 16.8 Å². The molecule has 5 nitrogen and oxygen atoms in total. The highest BCUT2D eigenvalue weighted by Crippen LogP contribution is 2.12. The van der Waals surface area contributed by atoms with Crippen LogP contribution in [0.15, 0.2) is 24.3 Å². The number of ether oxygens (including phenoxy) is 2. The summed E-state index contributed by atoms with van der Waals surface area (Å²) in [6.07, 6.45) is 0.165. The van der Waals surface area contributed by atoms with E-state index < -0.39 is 11.9 Å². The van der Waals surface area contributed by atoms with Crippen molar-refractivity contribution in [2.24, 2.45) is 5.73 Å². The van der Waals surface area contributed by atoms with Crippen LogP contribution in [0.3, 0.4) is 0 Å². The van der Waals surface area contributed by atoms with Gasteiger partial charge in [-0.3, -0.25) is 4.79 Å². The van der Waals surface area contributed by atoms with Gasteiger partial charge in [0, 0.05) is 0 Å². The first-order valence-electron chi connectivity index (χ1n) is 4.73. The molecule has 0 radical (unpaired) electrons. The van der Waals surface area contributed by atoms with Crippen molar-refractivity contribution in [3.05, 3.63) is 29.8 Å². The highest BCUT2D eigenvalue weighted by molar-refractivity contribution is 5.89. The summed E-state index contributed by atoms with van der Waals surface area (Å²) >= 11 is 0. The van der Waals surface area contributed by atoms with E-state index in [1.54, 1.807) is 24.3 Å². The molecule has 0 spiro atoms. The minimum atomic E-state index is -0.411. The minimum Gasteiger partial charge on any atom is -0.493 e. The Balaban J connectivity index is 2.51. The molecule has 0 aliphatic carbocycles. The van der Waals surface area contributed by atoms with Gasteiger partial charge in [0.25, 0.3) is 0 Å². The smallest absolute Gasteiger partial charge is 0.337 e. The van der Waals surface area contributed by atoms with Gasteiger partial charge in [0.2, 0.25) is 5.91 Å². The first-order chi connectivity index (χ1) is 7.63. The largest absolute Gasteiger partial charge is 0.493 e. The molecule has 2 N–H and O–H groups in total. The van der Waals surface area contributed by atoms with Gasteiger partial charge in [-0.25, -0.2) is 4.79 Å². The second-order valence-corrected chi connectivity index (χ2v) is 3.08. The highest BCUT2D eigenvalue weighted by atomic mass is 16.5. The van der Waals surface area contributed by atoms with Crippen molar-refractivity contribution in [1.29, 1.82) is 0 Å². The molecule has 5 heteroatoms. The van der Waals surface area contributed by atoms with Crippen molar-refractivity contribution in [3.8, 4) is 5.75 Å². The van der Waals surface area contributed by atoms with Crippen LogP contribution in [-0.2, 0) is 9.53 Å². The maximum absolute atomic E-state index is 11.1. The number of primary amides is 1. The Morgan fingerprint density at radius 2 is 1.88 bits per heavy atom. The predicted octanol–water partition coefficient (Wildman–Crippen LogP) is 0.727. The lowest BCUT2D eigenvalue weighted by molar-refractivity contribution is -0.118. The molecule has 0 saturated heterocycles. The lowest BCUT2D eigenvalue weighted by atomic mass is 10.2. The average Bonchev–Trinajstić information content (AvgIpc) is 2.28. The van der Waals surface area contributed by atoms with E-state index >= 15 is 0 Å². The number of amides is 1. The van der Waals surface area contributed by atoms with E-state index in [0.717, 1.165) is 0 Å². The summed E-state index contributed by atoms with van der Waals surface area (Å²) in [5.74, 6) is -0.233. The van der Waals surface area contributed by atoms with Crippen LogP contribution in [-0.4, -0.2) is 25.6 Å². The Bertz CT molecular complexity index is 372. The van der Waals surface area contributed by atoms with Gasteiger partial charge in [0.1, 0.15) is 5.75 Å². The van der Waals surface area contributed by atoms with E-state index in [4.69, 9.17) is 10.5 Å². The highest BCUT2D eigenvalue weighted by Gasteiger charge is 2.04. The zero-order chi connectivity index (χ0) is 12.0. The molecule has 0 heterocycles. The fourth-order valence-electron chi connectivity index (χ4n) is 1.07. The third-order valence-electron chi connectivity index (χ3n) is 1.89. The number of esters is 1. The zero-order valence-electron chi connectivity index (χ0n) is 8.93. The van der Waals surface area contributed by atoms with Gasteiger partial charge < -0.3 is 15.2 Å². The summed E-state index contributed by atoms with van der Waals surface area (Å²) in [6.45, 7) is 0.229. The molecule has 0 bridgehead atoms. The summed E-state index contributed by atoms with van der Waals surface area (Å²) in [4.78, 5) is 21.6. The topological polar surface area (TPSA) is 78.6 Å². The number of benzene rings is 1. The number of nitrogens with two attached hydrogens (primary N) is 1. The summed E-state index contributed by atoms with van der Waals surface area (Å²) in [7, 11) is 1.32. The van der Waals surface area contributed by atoms with Crippen molar-refractivity contribution in [2.45, 2.75) is 6.42 Å². The molecule has 16 heavy (non-hydrogen) atoms. The van der Waals surface area contributed by atoms with Crippen LogP contribution in [0, 0.1) is 0 Å². The summed E-state index contributed by atoms with van der Waals surface area (Å²) in [5.41, 5.74) is 5.41. The van der Waals surface area contributed by atoms with Gasteiger partial charge in [0.15, 0.2) is 0 Å². The molecule has 0 atom stereocenters. The molecular formula is C11H13NO4. The van der Waals surface area contributed by atoms with Crippen LogP contribution in [0.25, 0.3) is 0 Å². The third-order valence-corrected chi connectivity index (χ3v) is 1.89. The van der Waals surface area contributed by atoms with E-state index in [1.807, 2.05) is 0 Å². The van der Waals surface area contributed by atoms with Crippen molar-refractivity contribution in [2.75, 3.05) is 13.7 Å². The van der Waals surface area contributed by atoms with Gasteiger partial charge in [-0.15, -0.1) is 0 Å². The molecule has 0 unspecified atom stereocenters. The Morgan fingerprint density at radius 3 is 2.38 bits per heavy atom. The second-order valence-electron chi connectivity index (χ2n) is 3.08. The number of methoxy groups -OCH3 is 1. The lowest BCUT2D eigenvalue weighted by Gasteiger charge is -2.05. The SMILES string of the molecule is COC(=O)c1ccc(OCCC(N)=O)cc1. The van der Waals surface area contributed by atoms with Crippen molar-refractivity contribution in [3.63, 3.8) is 0 Å². The Kier molecular flexibility index (Phi) is 4.32. The van der Waals surface area contributed by atoms with E-state index in [1.165, 1.54) is 7.11 Å². The third kappa shape index (κ3) is 3.61. The molecule has 0 fully saturated rings. The number of carbonyl (C=O) groups is 2. The van der Waals surface area contributed by atoms with E-state index in [-0.39, 0.29) is 13.0 Å². The second kappa shape index (κ2) is 5.75. The molecule has 0 aliphatic rings. The number of rotatable bonds is 5. The monoisotopic (exact) mass is 223 g/mol. The van der Waals surface area contributed by atoms with Crippen LogP contribution in [0.4, 0.5) is 0 Å². The minimum absolute atomic E-state index is 0.165. The summed E-state index contributed by atoms with van der Waals surface area (Å²) < 4.78 is 9.78. The van der Waals surface area contributed by atoms with Crippen LogP contribution >= 0.6 is 0 Å². The first kappa shape index (κ1) is 12.0. The molecule has 1 amide bonds. The Hall–Kier alpha value is -2.04. The molecule has 0 saturated carbocycles. The van der Waals surface area contributed by atoms with Crippen LogP contribution in [0.2, 0.25) is 0 Å². The van der Waals surface area contributed by atoms with Crippen molar-refractivity contribution < 1.29 is 19.1 Å². The molecule has 1 aromatic rings. The number of hydrogen-bond acceptors (Lipinski definition) is 4. The molecule has 1 rings (SSSR count). The maximum atomic E-state index is 11.1. The number of hydrogen-bond donors (Lipinski definition) is 1. The van der Waals surface area contributed by atoms with Crippen LogP contribution < -0.4 is 10.5 Å². The fourth-order valence-corrected chi connectivity index (χ4v) is 1.07. The standard InChI is InChI=1S/C11H13NO4/c1-15-11(14)8-2-4-9(5-3-8)16-7-6-10(12)13/h2-5H,6-7H2,1H3,(H2,12,13). The summed E-state index contributed by atoms with van der Waals surface area (Å²) in [6, 6.07) is 6.44. The van der Waals surface area contributed by atoms with Crippen LogP contribution in [0.5, 0.6) is 5.75 Å². The van der Waals surface area contributed by atoms with Crippen molar-refractivity contribution >= 4 is 11.9 Å². The van der Waals surface area contributed by atoms with Gasteiger partial charge in [-0.1, -0.05) is 0 Å². The average molecular weight is 223 g/mol. The normalized spacial score (nSPS) is 9.56.